The van der Waals surface area contributed by atoms with Crippen LogP contribution in [0, 0.1) is 0 Å². The largest absolute Gasteiger partial charge is 0.310 e. The molecule has 0 spiro atoms. The van der Waals surface area contributed by atoms with Crippen molar-refractivity contribution < 1.29 is 14.4 Å². The molecule has 1 aliphatic rings. The summed E-state index contributed by atoms with van der Waals surface area (Å²) in [7, 11) is 0. The van der Waals surface area contributed by atoms with Crippen molar-refractivity contribution in [2.75, 3.05) is 17.2 Å². The first-order valence-corrected chi connectivity index (χ1v) is 11.6. The quantitative estimate of drug-likeness (QED) is 0.539. The van der Waals surface area contributed by atoms with Gasteiger partial charge in [0.15, 0.2) is 5.69 Å². The molecule has 2 N–H and O–H groups in total. The molecule has 0 fully saturated rings. The van der Waals surface area contributed by atoms with Crippen molar-refractivity contribution in [2.24, 2.45) is 0 Å². The number of benzene rings is 2. The van der Waals surface area contributed by atoms with Gasteiger partial charge in [0, 0.05) is 29.8 Å². The molecule has 10 heteroatoms. The highest BCUT2D eigenvalue weighted by Crippen LogP contribution is 2.34. The first-order chi connectivity index (χ1) is 16.0. The van der Waals surface area contributed by atoms with Gasteiger partial charge in [-0.2, -0.15) is 5.10 Å². The topological polar surface area (TPSA) is 113 Å². The SMILES string of the molecule is CCCn1nc(C(=O)NNC(=O)CCN2C(=O)CSc3ccccc32)c2ccccc2c1=O. The van der Waals surface area contributed by atoms with Crippen LogP contribution in [0.15, 0.2) is 58.2 Å². The van der Waals surface area contributed by atoms with Crippen molar-refractivity contribution >= 4 is 45.9 Å². The van der Waals surface area contributed by atoms with E-state index in [0.29, 0.717) is 29.5 Å². The highest BCUT2D eigenvalue weighted by atomic mass is 32.2. The number of thioether (sulfide) groups is 1. The number of aryl methyl sites for hydroxylation is 1. The van der Waals surface area contributed by atoms with E-state index in [2.05, 4.69) is 16.0 Å². The van der Waals surface area contributed by atoms with Crippen molar-refractivity contribution in [1.29, 1.82) is 0 Å². The van der Waals surface area contributed by atoms with Gasteiger partial charge in [0.1, 0.15) is 0 Å². The van der Waals surface area contributed by atoms with E-state index in [4.69, 9.17) is 0 Å². The van der Waals surface area contributed by atoms with Gasteiger partial charge in [0.2, 0.25) is 11.8 Å². The molecule has 4 rings (SSSR count). The van der Waals surface area contributed by atoms with Crippen LogP contribution in [0.2, 0.25) is 0 Å². The Hall–Kier alpha value is -3.66. The molecule has 2 heterocycles. The summed E-state index contributed by atoms with van der Waals surface area (Å²) in [4.78, 5) is 52.6. The van der Waals surface area contributed by atoms with Crippen LogP contribution in [0.1, 0.15) is 30.3 Å². The molecule has 1 aromatic heterocycles. The molecule has 0 saturated heterocycles. The fraction of sp³-hybridized carbons (Fsp3) is 0.261. The second-order valence-electron chi connectivity index (χ2n) is 7.48. The molecule has 170 valence electrons. The van der Waals surface area contributed by atoms with Gasteiger partial charge in [0.05, 0.1) is 16.8 Å². The number of nitrogens with one attached hydrogen (secondary N) is 2. The van der Waals surface area contributed by atoms with Crippen LogP contribution in [-0.4, -0.2) is 39.8 Å². The van der Waals surface area contributed by atoms with Gasteiger partial charge in [0.25, 0.3) is 11.5 Å². The van der Waals surface area contributed by atoms with Gasteiger partial charge in [-0.1, -0.05) is 37.3 Å². The Balaban J connectivity index is 1.43. The first-order valence-electron chi connectivity index (χ1n) is 10.6. The molecule has 3 amide bonds. The number of fused-ring (bicyclic) bond motifs is 2. The zero-order valence-corrected chi connectivity index (χ0v) is 18.9. The monoisotopic (exact) mass is 465 g/mol. The lowest BCUT2D eigenvalue weighted by molar-refractivity contribution is -0.121. The van der Waals surface area contributed by atoms with E-state index in [0.717, 1.165) is 10.6 Å². The van der Waals surface area contributed by atoms with E-state index in [9.17, 15) is 19.2 Å². The third kappa shape index (κ3) is 4.75. The summed E-state index contributed by atoms with van der Waals surface area (Å²) < 4.78 is 1.26. The summed E-state index contributed by atoms with van der Waals surface area (Å²) in [5, 5.41) is 5.01. The third-order valence-corrected chi connectivity index (χ3v) is 6.25. The second-order valence-corrected chi connectivity index (χ2v) is 8.49. The maximum atomic E-state index is 12.8. The van der Waals surface area contributed by atoms with Crippen LogP contribution in [0.5, 0.6) is 0 Å². The molecule has 0 aliphatic carbocycles. The molecular formula is C23H23N5O4S. The van der Waals surface area contributed by atoms with E-state index in [1.807, 2.05) is 31.2 Å². The molecule has 9 nitrogen and oxygen atoms in total. The Morgan fingerprint density at radius 2 is 1.73 bits per heavy atom. The summed E-state index contributed by atoms with van der Waals surface area (Å²) >= 11 is 1.47. The minimum Gasteiger partial charge on any atom is -0.310 e. The highest BCUT2D eigenvalue weighted by Gasteiger charge is 2.25. The molecule has 0 saturated carbocycles. The second kappa shape index (κ2) is 9.86. The third-order valence-electron chi connectivity index (χ3n) is 5.20. The van der Waals surface area contributed by atoms with Gasteiger partial charge in [-0.25, -0.2) is 4.68 Å². The Morgan fingerprint density at radius 1 is 1.00 bits per heavy atom. The van der Waals surface area contributed by atoms with Crippen molar-refractivity contribution in [3.05, 3.63) is 64.6 Å². The number of para-hydroxylation sites is 1. The summed E-state index contributed by atoms with van der Waals surface area (Å²) in [5.74, 6) is -0.815. The molecule has 0 radical (unpaired) electrons. The molecule has 3 aromatic rings. The van der Waals surface area contributed by atoms with Crippen molar-refractivity contribution in [2.45, 2.75) is 31.2 Å². The minimum atomic E-state index is -0.625. The van der Waals surface area contributed by atoms with E-state index in [-0.39, 0.29) is 30.1 Å². The van der Waals surface area contributed by atoms with Crippen LogP contribution in [0.25, 0.3) is 10.8 Å². The summed E-state index contributed by atoms with van der Waals surface area (Å²) in [6.07, 6.45) is 0.689. The predicted molar refractivity (Wildman–Crippen MR) is 126 cm³/mol. The smallest absolute Gasteiger partial charge is 0.290 e. The van der Waals surface area contributed by atoms with Gasteiger partial charge >= 0.3 is 0 Å². The van der Waals surface area contributed by atoms with Gasteiger partial charge in [-0.3, -0.25) is 30.0 Å². The van der Waals surface area contributed by atoms with E-state index >= 15 is 0 Å². The van der Waals surface area contributed by atoms with Crippen LogP contribution >= 0.6 is 11.8 Å². The van der Waals surface area contributed by atoms with E-state index < -0.39 is 11.8 Å². The number of rotatable bonds is 6. The number of hydrogen-bond acceptors (Lipinski definition) is 6. The van der Waals surface area contributed by atoms with Gasteiger partial charge < -0.3 is 4.90 Å². The molecule has 2 aromatic carbocycles. The number of hydrogen-bond donors (Lipinski definition) is 2. The lowest BCUT2D eigenvalue weighted by Crippen LogP contribution is -2.44. The first kappa shape index (κ1) is 22.5. The maximum Gasteiger partial charge on any atom is 0.290 e. The molecular weight excluding hydrogens is 442 g/mol. The summed E-state index contributed by atoms with van der Waals surface area (Å²) in [6.45, 7) is 2.48. The Bertz CT molecular complexity index is 1290. The Kier molecular flexibility index (Phi) is 6.74. The average Bonchev–Trinajstić information content (AvgIpc) is 2.83. The normalized spacial score (nSPS) is 13.0. The maximum absolute atomic E-state index is 12.8. The Morgan fingerprint density at radius 3 is 2.52 bits per heavy atom. The summed E-state index contributed by atoms with van der Waals surface area (Å²) in [5.41, 5.74) is 5.32. The number of carbonyl (C=O) groups excluding carboxylic acids is 3. The fourth-order valence-electron chi connectivity index (χ4n) is 3.63. The molecule has 1 aliphatic heterocycles. The standard InChI is InChI=1S/C23H23N5O4S/c1-2-12-28-23(32)16-8-4-3-7-15(16)21(26-28)22(31)25-24-19(29)11-13-27-17-9-5-6-10-18(17)33-14-20(27)30/h3-10H,2,11-14H2,1H3,(H,24,29)(H,25,31). The average molecular weight is 466 g/mol. The highest BCUT2D eigenvalue weighted by molar-refractivity contribution is 8.00. The van der Waals surface area contributed by atoms with E-state index in [1.54, 1.807) is 29.2 Å². The number of hydrazine groups is 1. The van der Waals surface area contributed by atoms with Gasteiger partial charge in [-0.05, 0) is 24.6 Å². The van der Waals surface area contributed by atoms with E-state index in [1.165, 1.54) is 16.4 Å². The lowest BCUT2D eigenvalue weighted by Gasteiger charge is -2.28. The fourth-order valence-corrected chi connectivity index (χ4v) is 4.56. The number of amides is 3. The van der Waals surface area contributed by atoms with Gasteiger partial charge in [-0.15, -0.1) is 11.8 Å². The minimum absolute atomic E-state index is 0.00846. The van der Waals surface area contributed by atoms with Crippen LogP contribution in [0.3, 0.4) is 0 Å². The number of aromatic nitrogens is 2. The van der Waals surface area contributed by atoms with Crippen molar-refractivity contribution in [1.82, 2.24) is 20.6 Å². The zero-order chi connectivity index (χ0) is 23.4. The van der Waals surface area contributed by atoms with Crippen LogP contribution in [-0.2, 0) is 16.1 Å². The Labute approximate surface area is 194 Å². The van der Waals surface area contributed by atoms with Crippen molar-refractivity contribution in [3.63, 3.8) is 0 Å². The lowest BCUT2D eigenvalue weighted by atomic mass is 10.1. The molecule has 0 atom stereocenters. The number of nitrogens with zero attached hydrogens (tertiary/aromatic N) is 3. The number of carbonyl (C=O) groups is 3. The molecule has 0 bridgehead atoms. The zero-order valence-electron chi connectivity index (χ0n) is 18.0. The van der Waals surface area contributed by atoms with Crippen LogP contribution < -0.4 is 21.3 Å². The van der Waals surface area contributed by atoms with Crippen molar-refractivity contribution in [3.8, 4) is 0 Å². The van der Waals surface area contributed by atoms with Crippen LogP contribution in [0.4, 0.5) is 5.69 Å². The predicted octanol–water partition coefficient (Wildman–Crippen LogP) is 2.10. The molecule has 0 unspecified atom stereocenters. The summed E-state index contributed by atoms with van der Waals surface area (Å²) in [6, 6.07) is 14.3. The molecule has 33 heavy (non-hydrogen) atoms. The number of anilines is 1.